The lowest BCUT2D eigenvalue weighted by Crippen LogP contribution is -2.20. The third-order valence-corrected chi connectivity index (χ3v) is 5.10. The maximum atomic E-state index is 13.1. The molecule has 0 saturated carbocycles. The van der Waals surface area contributed by atoms with E-state index >= 15 is 0 Å². The lowest BCUT2D eigenvalue weighted by Gasteiger charge is -2.14. The summed E-state index contributed by atoms with van der Waals surface area (Å²) in [6, 6.07) is 20.7. The normalized spacial score (nSPS) is 11.1. The van der Waals surface area contributed by atoms with Gasteiger partial charge in [0.15, 0.2) is 5.78 Å². The highest BCUT2D eigenvalue weighted by molar-refractivity contribution is 6.33. The van der Waals surface area contributed by atoms with Crippen molar-refractivity contribution in [1.29, 1.82) is 0 Å². The lowest BCUT2D eigenvalue weighted by atomic mass is 9.99. The van der Waals surface area contributed by atoms with Crippen molar-refractivity contribution >= 4 is 23.5 Å². The summed E-state index contributed by atoms with van der Waals surface area (Å²) in [7, 11) is 5.58. The van der Waals surface area contributed by atoms with Gasteiger partial charge in [0.1, 0.15) is 18.1 Å². The molecule has 0 bridgehead atoms. The molecule has 0 aliphatic heterocycles. The Hall–Kier alpha value is -3.08. The fraction of sp³-hybridized carbons (Fsp3) is 0.192. The molecule has 3 aromatic rings. The van der Waals surface area contributed by atoms with Crippen LogP contribution in [0.1, 0.15) is 15.9 Å². The average Bonchev–Trinajstić information content (AvgIpc) is 2.78. The summed E-state index contributed by atoms with van der Waals surface area (Å²) in [6.45, 7) is 1.24. The fourth-order valence-electron chi connectivity index (χ4n) is 3.03. The zero-order valence-corrected chi connectivity index (χ0v) is 18.7. The first kappa shape index (κ1) is 22.6. The van der Waals surface area contributed by atoms with Gasteiger partial charge in [-0.15, -0.1) is 0 Å². The third kappa shape index (κ3) is 6.20. The zero-order chi connectivity index (χ0) is 22.2. The van der Waals surface area contributed by atoms with Gasteiger partial charge in [-0.2, -0.15) is 0 Å². The number of hydrogen-bond donors (Lipinski definition) is 0. The number of hydrogen-bond acceptors (Lipinski definition) is 4. The number of benzene rings is 3. The molecular weight excluding hydrogens is 410 g/mol. The molecule has 31 heavy (non-hydrogen) atoms. The van der Waals surface area contributed by atoms with Crippen molar-refractivity contribution in [3.63, 3.8) is 0 Å². The standard InChI is InChI=1S/C26H26ClNO3/c1-28(2)16-17-31-26-15-11-20(22-6-4-5-7-24(22)27)18-23(26)25(29)14-10-19-8-12-21(30-3)13-9-19/h4-15,18H,16-17H2,1-3H3/b14-10+. The molecule has 0 saturated heterocycles. The Labute approximate surface area is 188 Å². The summed E-state index contributed by atoms with van der Waals surface area (Å²) in [6.07, 6.45) is 3.35. The van der Waals surface area contributed by atoms with Crippen molar-refractivity contribution in [3.8, 4) is 22.6 Å². The van der Waals surface area contributed by atoms with Gasteiger partial charge in [-0.1, -0.05) is 54.1 Å². The predicted octanol–water partition coefficient (Wildman–Crippen LogP) is 5.85. The van der Waals surface area contributed by atoms with Crippen LogP contribution in [-0.2, 0) is 0 Å². The minimum atomic E-state index is -0.135. The van der Waals surface area contributed by atoms with Crippen LogP contribution in [0.25, 0.3) is 17.2 Å². The minimum Gasteiger partial charge on any atom is -0.497 e. The first-order valence-electron chi connectivity index (χ1n) is 10.0. The zero-order valence-electron chi connectivity index (χ0n) is 18.0. The van der Waals surface area contributed by atoms with Gasteiger partial charge in [0.05, 0.1) is 12.7 Å². The topological polar surface area (TPSA) is 38.8 Å². The number of methoxy groups -OCH3 is 1. The molecule has 0 heterocycles. The molecule has 0 amide bonds. The molecule has 0 aromatic heterocycles. The van der Waals surface area contributed by atoms with Crippen LogP contribution in [0.3, 0.4) is 0 Å². The maximum Gasteiger partial charge on any atom is 0.189 e. The van der Waals surface area contributed by atoms with Crippen molar-refractivity contribution < 1.29 is 14.3 Å². The Bertz CT molecular complexity index is 1060. The summed E-state index contributed by atoms with van der Waals surface area (Å²) in [5.41, 5.74) is 3.15. The van der Waals surface area contributed by atoms with Crippen LogP contribution in [0.5, 0.6) is 11.5 Å². The van der Waals surface area contributed by atoms with Gasteiger partial charge < -0.3 is 14.4 Å². The quantitative estimate of drug-likeness (QED) is 0.312. The highest BCUT2D eigenvalue weighted by Gasteiger charge is 2.14. The molecule has 3 rings (SSSR count). The Kier molecular flexibility index (Phi) is 7.88. The Balaban J connectivity index is 1.91. The number of nitrogens with zero attached hydrogens (tertiary/aromatic N) is 1. The summed E-state index contributed by atoms with van der Waals surface area (Å²) in [5, 5.41) is 0.635. The predicted molar refractivity (Wildman–Crippen MR) is 127 cm³/mol. The van der Waals surface area contributed by atoms with Crippen LogP contribution in [0.15, 0.2) is 72.8 Å². The summed E-state index contributed by atoms with van der Waals surface area (Å²) in [5.74, 6) is 1.19. The van der Waals surface area contributed by atoms with Crippen molar-refractivity contribution in [1.82, 2.24) is 4.90 Å². The van der Waals surface area contributed by atoms with E-state index in [9.17, 15) is 4.79 Å². The maximum absolute atomic E-state index is 13.1. The monoisotopic (exact) mass is 435 g/mol. The highest BCUT2D eigenvalue weighted by atomic mass is 35.5. The van der Waals surface area contributed by atoms with Crippen LogP contribution >= 0.6 is 11.6 Å². The van der Waals surface area contributed by atoms with Crippen molar-refractivity contribution in [2.24, 2.45) is 0 Å². The number of allylic oxidation sites excluding steroid dienone is 1. The molecule has 0 radical (unpaired) electrons. The van der Waals surface area contributed by atoms with E-state index in [1.165, 1.54) is 0 Å². The van der Waals surface area contributed by atoms with Gasteiger partial charge in [-0.05, 0) is 61.6 Å². The van der Waals surface area contributed by atoms with E-state index in [2.05, 4.69) is 0 Å². The Morgan fingerprint density at radius 2 is 1.77 bits per heavy atom. The van der Waals surface area contributed by atoms with Gasteiger partial charge in [-0.3, -0.25) is 4.79 Å². The van der Waals surface area contributed by atoms with Crippen molar-refractivity contribution in [2.45, 2.75) is 0 Å². The van der Waals surface area contributed by atoms with Crippen molar-refractivity contribution in [2.75, 3.05) is 34.4 Å². The second-order valence-corrected chi connectivity index (χ2v) is 7.72. The fourth-order valence-corrected chi connectivity index (χ4v) is 3.27. The number of carbonyl (C=O) groups is 1. The molecule has 4 nitrogen and oxygen atoms in total. The van der Waals surface area contributed by atoms with Crippen LogP contribution in [0.2, 0.25) is 5.02 Å². The van der Waals surface area contributed by atoms with E-state index in [0.29, 0.717) is 22.9 Å². The van der Waals surface area contributed by atoms with Crippen molar-refractivity contribution in [3.05, 3.63) is 89.0 Å². The molecular formula is C26H26ClNO3. The molecule has 0 unspecified atom stereocenters. The lowest BCUT2D eigenvalue weighted by molar-refractivity contribution is 0.104. The summed E-state index contributed by atoms with van der Waals surface area (Å²) >= 11 is 6.37. The van der Waals surface area contributed by atoms with Gasteiger partial charge in [0.2, 0.25) is 0 Å². The summed E-state index contributed by atoms with van der Waals surface area (Å²) < 4.78 is 11.1. The third-order valence-electron chi connectivity index (χ3n) is 4.77. The van der Waals surface area contributed by atoms with E-state index in [1.54, 1.807) is 19.3 Å². The molecule has 3 aromatic carbocycles. The Morgan fingerprint density at radius 3 is 2.45 bits per heavy atom. The first-order valence-corrected chi connectivity index (χ1v) is 10.4. The SMILES string of the molecule is COc1ccc(/C=C/C(=O)c2cc(-c3ccccc3Cl)ccc2OCCN(C)C)cc1. The largest absolute Gasteiger partial charge is 0.497 e. The number of rotatable bonds is 9. The second-order valence-electron chi connectivity index (χ2n) is 7.31. The number of likely N-dealkylation sites (N-methyl/N-ethyl adjacent to an activating group) is 1. The molecule has 0 aliphatic rings. The number of ether oxygens (including phenoxy) is 2. The van der Waals surface area contributed by atoms with E-state index < -0.39 is 0 Å². The molecule has 0 fully saturated rings. The second kappa shape index (κ2) is 10.8. The molecule has 5 heteroatoms. The Morgan fingerprint density at radius 1 is 1.03 bits per heavy atom. The highest BCUT2D eigenvalue weighted by Crippen LogP contribution is 2.32. The molecule has 0 atom stereocenters. The van der Waals surface area contributed by atoms with Gasteiger partial charge in [0, 0.05) is 17.1 Å². The average molecular weight is 436 g/mol. The smallest absolute Gasteiger partial charge is 0.189 e. The van der Waals surface area contributed by atoms with E-state index in [4.69, 9.17) is 21.1 Å². The van der Waals surface area contributed by atoms with Crippen LogP contribution in [0, 0.1) is 0 Å². The molecule has 0 N–H and O–H groups in total. The van der Waals surface area contributed by atoms with Crippen LogP contribution in [-0.4, -0.2) is 45.0 Å². The van der Waals surface area contributed by atoms with E-state index in [-0.39, 0.29) is 5.78 Å². The van der Waals surface area contributed by atoms with E-state index in [0.717, 1.165) is 29.0 Å². The molecule has 0 spiro atoms. The first-order chi connectivity index (χ1) is 15.0. The van der Waals surface area contributed by atoms with Crippen LogP contribution < -0.4 is 9.47 Å². The minimum absolute atomic E-state index is 0.135. The number of carbonyl (C=O) groups excluding carboxylic acids is 1. The number of halogens is 1. The van der Waals surface area contributed by atoms with E-state index in [1.807, 2.05) is 85.7 Å². The van der Waals surface area contributed by atoms with Crippen LogP contribution in [0.4, 0.5) is 0 Å². The summed E-state index contributed by atoms with van der Waals surface area (Å²) in [4.78, 5) is 15.1. The van der Waals surface area contributed by atoms with Gasteiger partial charge in [0.25, 0.3) is 0 Å². The van der Waals surface area contributed by atoms with Gasteiger partial charge in [-0.25, -0.2) is 0 Å². The molecule has 160 valence electrons. The molecule has 0 aliphatic carbocycles. The number of ketones is 1. The van der Waals surface area contributed by atoms with Gasteiger partial charge >= 0.3 is 0 Å².